The summed E-state index contributed by atoms with van der Waals surface area (Å²) in [6.07, 6.45) is 10.3. The van der Waals surface area contributed by atoms with Crippen LogP contribution in [0.2, 0.25) is 5.02 Å². The molecule has 2 rings (SSSR count). The number of allylic oxidation sites excluding steroid dienone is 1. The Morgan fingerprint density at radius 2 is 2.21 bits per heavy atom. The van der Waals surface area contributed by atoms with Crippen molar-refractivity contribution in [2.24, 2.45) is 0 Å². The predicted octanol–water partition coefficient (Wildman–Crippen LogP) is 4.27. The summed E-state index contributed by atoms with van der Waals surface area (Å²) in [6, 6.07) is 0.584. The fourth-order valence-corrected chi connectivity index (χ4v) is 3.04. The van der Waals surface area contributed by atoms with E-state index in [1.807, 2.05) is 11.7 Å². The lowest BCUT2D eigenvalue weighted by Crippen LogP contribution is -2.22. The van der Waals surface area contributed by atoms with Crippen LogP contribution in [0.15, 0.2) is 17.8 Å². The molecule has 1 aromatic heterocycles. The summed E-state index contributed by atoms with van der Waals surface area (Å²) in [5, 5.41) is 8.57. The molecule has 1 aliphatic carbocycles. The first-order valence-corrected chi connectivity index (χ1v) is 7.59. The van der Waals surface area contributed by atoms with Crippen LogP contribution in [0, 0.1) is 0 Å². The molecule has 0 radical (unpaired) electrons. The highest BCUT2D eigenvalue weighted by Gasteiger charge is 2.21. The Bertz CT molecular complexity index is 448. The van der Waals surface area contributed by atoms with Gasteiger partial charge in [-0.25, -0.2) is 0 Å². The molecular formula is C15H24ClN3. The summed E-state index contributed by atoms with van der Waals surface area (Å²) < 4.78 is 2.03. The van der Waals surface area contributed by atoms with Gasteiger partial charge >= 0.3 is 0 Å². The Balaban J connectivity index is 2.21. The number of nitrogens with zero attached hydrogens (tertiary/aromatic N) is 2. The van der Waals surface area contributed by atoms with Crippen LogP contribution >= 0.6 is 11.6 Å². The van der Waals surface area contributed by atoms with Crippen molar-refractivity contribution in [3.63, 3.8) is 0 Å². The predicted molar refractivity (Wildman–Crippen MR) is 80.6 cm³/mol. The van der Waals surface area contributed by atoms with Crippen LogP contribution in [-0.2, 0) is 0 Å². The Labute approximate surface area is 121 Å². The maximum atomic E-state index is 6.34. The monoisotopic (exact) mass is 281 g/mol. The third kappa shape index (κ3) is 3.40. The number of rotatable bonds is 5. The van der Waals surface area contributed by atoms with Gasteiger partial charge in [0.05, 0.1) is 23.0 Å². The second-order valence-corrected chi connectivity index (χ2v) is 5.98. The molecule has 4 heteroatoms. The van der Waals surface area contributed by atoms with Gasteiger partial charge in [-0.2, -0.15) is 5.10 Å². The lowest BCUT2D eigenvalue weighted by Gasteiger charge is -2.23. The van der Waals surface area contributed by atoms with Crippen molar-refractivity contribution in [2.75, 3.05) is 7.05 Å². The third-order valence-electron chi connectivity index (χ3n) is 3.81. The topological polar surface area (TPSA) is 29.9 Å². The summed E-state index contributed by atoms with van der Waals surface area (Å²) in [6.45, 7) is 4.28. The maximum absolute atomic E-state index is 6.34. The SMILES string of the molecule is CNC(CC1=CCCCC1)c1c(Cl)cnn1C(C)C. The molecule has 0 aliphatic heterocycles. The molecule has 0 fully saturated rings. The molecule has 1 heterocycles. The van der Waals surface area contributed by atoms with Gasteiger partial charge in [-0.3, -0.25) is 4.68 Å². The van der Waals surface area contributed by atoms with Crippen LogP contribution in [0.4, 0.5) is 0 Å². The Kier molecular flexibility index (Phi) is 5.06. The molecule has 0 saturated heterocycles. The lowest BCUT2D eigenvalue weighted by molar-refractivity contribution is 0.454. The molecule has 0 aromatic carbocycles. The van der Waals surface area contributed by atoms with Gasteiger partial charge in [0.2, 0.25) is 0 Å². The van der Waals surface area contributed by atoms with Crippen molar-refractivity contribution in [3.8, 4) is 0 Å². The van der Waals surface area contributed by atoms with E-state index in [1.54, 1.807) is 11.8 Å². The molecule has 1 unspecified atom stereocenters. The molecule has 19 heavy (non-hydrogen) atoms. The fourth-order valence-electron chi connectivity index (χ4n) is 2.78. The quantitative estimate of drug-likeness (QED) is 0.817. The molecule has 0 spiro atoms. The molecule has 0 amide bonds. The van der Waals surface area contributed by atoms with Crippen molar-refractivity contribution in [3.05, 3.63) is 28.6 Å². The summed E-state index contributed by atoms with van der Waals surface area (Å²) in [5.74, 6) is 0. The average molecular weight is 282 g/mol. The summed E-state index contributed by atoms with van der Waals surface area (Å²) in [5.41, 5.74) is 2.67. The summed E-state index contributed by atoms with van der Waals surface area (Å²) in [4.78, 5) is 0. The zero-order valence-corrected chi connectivity index (χ0v) is 12.9. The lowest BCUT2D eigenvalue weighted by atomic mass is 9.93. The average Bonchev–Trinajstić information content (AvgIpc) is 2.79. The summed E-state index contributed by atoms with van der Waals surface area (Å²) >= 11 is 6.34. The van der Waals surface area contributed by atoms with E-state index < -0.39 is 0 Å². The molecule has 0 saturated carbocycles. The van der Waals surface area contributed by atoms with Crippen molar-refractivity contribution in [1.82, 2.24) is 15.1 Å². The van der Waals surface area contributed by atoms with Gasteiger partial charge in [-0.15, -0.1) is 0 Å². The molecule has 1 aliphatic rings. The standard InChI is InChI=1S/C15H24ClN3/c1-11(2)19-15(13(16)10-18-19)14(17-3)9-12-7-5-4-6-8-12/h7,10-11,14,17H,4-6,8-9H2,1-3H3. The van der Waals surface area contributed by atoms with E-state index in [9.17, 15) is 0 Å². The smallest absolute Gasteiger partial charge is 0.0834 e. The second-order valence-electron chi connectivity index (χ2n) is 5.57. The molecule has 3 nitrogen and oxygen atoms in total. The zero-order valence-electron chi connectivity index (χ0n) is 12.1. The largest absolute Gasteiger partial charge is 0.311 e. The molecule has 106 valence electrons. The van der Waals surface area contributed by atoms with E-state index in [0.29, 0.717) is 6.04 Å². The maximum Gasteiger partial charge on any atom is 0.0834 e. The first kappa shape index (κ1) is 14.6. The number of hydrogen-bond donors (Lipinski definition) is 1. The van der Waals surface area contributed by atoms with Crippen LogP contribution in [0.5, 0.6) is 0 Å². The van der Waals surface area contributed by atoms with Crippen LogP contribution in [-0.4, -0.2) is 16.8 Å². The minimum atomic E-state index is 0.252. The summed E-state index contributed by atoms with van der Waals surface area (Å²) in [7, 11) is 2.00. The zero-order chi connectivity index (χ0) is 13.8. The first-order chi connectivity index (χ1) is 9.13. The minimum Gasteiger partial charge on any atom is -0.311 e. The van der Waals surface area contributed by atoms with Crippen molar-refractivity contribution < 1.29 is 0 Å². The normalized spacial score (nSPS) is 17.6. The van der Waals surface area contributed by atoms with Gasteiger partial charge in [0.1, 0.15) is 0 Å². The number of nitrogens with one attached hydrogen (secondary N) is 1. The highest BCUT2D eigenvalue weighted by molar-refractivity contribution is 6.31. The van der Waals surface area contributed by atoms with E-state index in [-0.39, 0.29) is 6.04 Å². The Morgan fingerprint density at radius 3 is 2.79 bits per heavy atom. The van der Waals surface area contributed by atoms with Gasteiger partial charge in [0, 0.05) is 6.04 Å². The molecule has 0 bridgehead atoms. The fraction of sp³-hybridized carbons (Fsp3) is 0.667. The minimum absolute atomic E-state index is 0.252. The molecule has 1 atom stereocenters. The van der Waals surface area contributed by atoms with Crippen LogP contribution in [0.25, 0.3) is 0 Å². The van der Waals surface area contributed by atoms with E-state index in [4.69, 9.17) is 11.6 Å². The number of aromatic nitrogens is 2. The van der Waals surface area contributed by atoms with E-state index in [2.05, 4.69) is 30.3 Å². The van der Waals surface area contributed by atoms with Crippen molar-refractivity contribution >= 4 is 11.6 Å². The highest BCUT2D eigenvalue weighted by atomic mass is 35.5. The van der Waals surface area contributed by atoms with Crippen LogP contribution in [0.1, 0.15) is 63.7 Å². The Morgan fingerprint density at radius 1 is 1.42 bits per heavy atom. The van der Waals surface area contributed by atoms with Gasteiger partial charge in [0.15, 0.2) is 0 Å². The number of halogens is 1. The second kappa shape index (κ2) is 6.58. The third-order valence-corrected chi connectivity index (χ3v) is 4.10. The molecular weight excluding hydrogens is 258 g/mol. The van der Waals surface area contributed by atoms with Gasteiger partial charge in [-0.1, -0.05) is 23.3 Å². The van der Waals surface area contributed by atoms with Crippen molar-refractivity contribution in [2.45, 2.75) is 58.0 Å². The first-order valence-electron chi connectivity index (χ1n) is 7.21. The molecule has 1 aromatic rings. The van der Waals surface area contributed by atoms with Gasteiger partial charge in [0.25, 0.3) is 0 Å². The highest BCUT2D eigenvalue weighted by Crippen LogP contribution is 2.32. The molecule has 1 N–H and O–H groups in total. The number of hydrogen-bond acceptors (Lipinski definition) is 2. The Hall–Kier alpha value is -0.800. The van der Waals surface area contributed by atoms with Crippen LogP contribution < -0.4 is 5.32 Å². The van der Waals surface area contributed by atoms with Gasteiger partial charge in [-0.05, 0) is 53.0 Å². The van der Waals surface area contributed by atoms with Crippen LogP contribution in [0.3, 0.4) is 0 Å². The van der Waals surface area contributed by atoms with E-state index in [0.717, 1.165) is 17.1 Å². The van der Waals surface area contributed by atoms with E-state index >= 15 is 0 Å². The van der Waals surface area contributed by atoms with Gasteiger partial charge < -0.3 is 5.32 Å². The van der Waals surface area contributed by atoms with Crippen molar-refractivity contribution in [1.29, 1.82) is 0 Å². The van der Waals surface area contributed by atoms with E-state index in [1.165, 1.54) is 25.7 Å².